The van der Waals surface area contributed by atoms with Crippen LogP contribution in [0.5, 0.6) is 5.75 Å². The molecule has 0 aliphatic carbocycles. The maximum Gasteiger partial charge on any atom is 0.120 e. The molecule has 1 aromatic carbocycles. The van der Waals surface area contributed by atoms with Crippen LogP contribution < -0.4 is 10.5 Å². The van der Waals surface area contributed by atoms with Crippen LogP contribution in [0.1, 0.15) is 12.5 Å². The first kappa shape index (κ1) is 12.6. The molecule has 1 rings (SSSR count). The van der Waals surface area contributed by atoms with Gasteiger partial charge in [-0.2, -0.15) is 0 Å². The van der Waals surface area contributed by atoms with Crippen molar-refractivity contribution in [3.05, 3.63) is 39.3 Å². The number of rotatable bonds is 4. The first-order valence-electron chi connectivity index (χ1n) is 4.54. The van der Waals surface area contributed by atoms with E-state index in [4.69, 9.17) is 22.1 Å². The van der Waals surface area contributed by atoms with Crippen molar-refractivity contribution >= 4 is 27.5 Å². The molecule has 4 heteroatoms. The largest absolute Gasteiger partial charge is 0.489 e. The monoisotopic (exact) mass is 289 g/mol. The topological polar surface area (TPSA) is 35.2 Å². The molecule has 0 aliphatic rings. The lowest BCUT2D eigenvalue weighted by molar-refractivity contribution is 0.352. The van der Waals surface area contributed by atoms with E-state index in [0.717, 1.165) is 21.4 Å². The van der Waals surface area contributed by atoms with E-state index in [2.05, 4.69) is 15.9 Å². The number of nitrogens with two attached hydrogens (primary N) is 1. The fourth-order valence-electron chi connectivity index (χ4n) is 1.03. The van der Waals surface area contributed by atoms with Gasteiger partial charge in [0.05, 0.1) is 0 Å². The summed E-state index contributed by atoms with van der Waals surface area (Å²) >= 11 is 8.95. The summed E-state index contributed by atoms with van der Waals surface area (Å²) < 4.78 is 6.53. The van der Waals surface area contributed by atoms with Gasteiger partial charge in [-0.3, -0.25) is 0 Å². The summed E-state index contributed by atoms with van der Waals surface area (Å²) in [6, 6.07) is 5.74. The van der Waals surface area contributed by atoms with Crippen LogP contribution in [0.25, 0.3) is 0 Å². The van der Waals surface area contributed by atoms with Crippen molar-refractivity contribution in [1.82, 2.24) is 0 Å². The Kier molecular flexibility index (Phi) is 5.15. The van der Waals surface area contributed by atoms with Crippen LogP contribution in [0, 0.1) is 0 Å². The maximum absolute atomic E-state index is 5.58. The Balaban J connectivity index is 2.70. The molecule has 0 heterocycles. The summed E-state index contributed by atoms with van der Waals surface area (Å²) in [6.07, 6.45) is 0. The predicted octanol–water partition coefficient (Wildman–Crippen LogP) is 3.43. The van der Waals surface area contributed by atoms with Crippen LogP contribution in [0.4, 0.5) is 0 Å². The SMILES string of the molecule is C/C(=C/Cl)COc1ccc(Br)c(CN)c1. The molecule has 0 amide bonds. The minimum absolute atomic E-state index is 0.488. The van der Waals surface area contributed by atoms with Gasteiger partial charge in [0.1, 0.15) is 12.4 Å². The molecule has 82 valence electrons. The van der Waals surface area contributed by atoms with E-state index in [1.165, 1.54) is 5.54 Å². The molecule has 15 heavy (non-hydrogen) atoms. The van der Waals surface area contributed by atoms with Gasteiger partial charge in [-0.05, 0) is 36.3 Å². The highest BCUT2D eigenvalue weighted by Gasteiger charge is 2.01. The molecule has 0 radical (unpaired) electrons. The van der Waals surface area contributed by atoms with Crippen LogP contribution in [0.15, 0.2) is 33.8 Å². The average Bonchev–Trinajstić information content (AvgIpc) is 2.27. The summed E-state index contributed by atoms with van der Waals surface area (Å²) in [6.45, 7) is 2.90. The highest BCUT2D eigenvalue weighted by molar-refractivity contribution is 9.10. The molecule has 2 nitrogen and oxygen atoms in total. The van der Waals surface area contributed by atoms with Crippen molar-refractivity contribution in [3.8, 4) is 5.75 Å². The highest BCUT2D eigenvalue weighted by atomic mass is 79.9. The van der Waals surface area contributed by atoms with Crippen molar-refractivity contribution in [2.45, 2.75) is 13.5 Å². The van der Waals surface area contributed by atoms with Gasteiger partial charge in [-0.25, -0.2) is 0 Å². The zero-order chi connectivity index (χ0) is 11.3. The van der Waals surface area contributed by atoms with Crippen LogP contribution >= 0.6 is 27.5 Å². The number of hydrogen-bond acceptors (Lipinski definition) is 2. The minimum atomic E-state index is 0.488. The third-order valence-electron chi connectivity index (χ3n) is 1.89. The van der Waals surface area contributed by atoms with E-state index in [0.29, 0.717) is 13.2 Å². The van der Waals surface area contributed by atoms with Gasteiger partial charge in [0.15, 0.2) is 0 Å². The summed E-state index contributed by atoms with van der Waals surface area (Å²) in [5.74, 6) is 0.802. The Hall–Kier alpha value is -0.510. The van der Waals surface area contributed by atoms with Crippen molar-refractivity contribution in [3.63, 3.8) is 0 Å². The van der Waals surface area contributed by atoms with E-state index >= 15 is 0 Å². The quantitative estimate of drug-likeness (QED) is 0.922. The molecule has 0 saturated carbocycles. The van der Waals surface area contributed by atoms with Gasteiger partial charge in [-0.1, -0.05) is 27.5 Å². The molecule has 0 aliphatic heterocycles. The van der Waals surface area contributed by atoms with Crippen LogP contribution in [0.3, 0.4) is 0 Å². The minimum Gasteiger partial charge on any atom is -0.489 e. The molecule has 0 atom stereocenters. The fraction of sp³-hybridized carbons (Fsp3) is 0.273. The Labute approximate surface area is 103 Å². The van der Waals surface area contributed by atoms with Crippen molar-refractivity contribution in [1.29, 1.82) is 0 Å². The second-order valence-electron chi connectivity index (χ2n) is 3.20. The summed E-state index contributed by atoms with van der Waals surface area (Å²) in [7, 11) is 0. The van der Waals surface area contributed by atoms with Gasteiger partial charge in [0.25, 0.3) is 0 Å². The zero-order valence-corrected chi connectivity index (χ0v) is 10.8. The van der Waals surface area contributed by atoms with E-state index in [9.17, 15) is 0 Å². The molecular formula is C11H13BrClNO. The van der Waals surface area contributed by atoms with Crippen molar-refractivity contribution < 1.29 is 4.74 Å². The first-order valence-corrected chi connectivity index (χ1v) is 5.77. The number of benzene rings is 1. The Morgan fingerprint density at radius 2 is 2.33 bits per heavy atom. The summed E-state index contributed by atoms with van der Waals surface area (Å²) in [5, 5.41) is 0. The molecule has 1 aromatic rings. The van der Waals surface area contributed by atoms with E-state index < -0.39 is 0 Å². The standard InChI is InChI=1S/C11H13BrClNO/c1-8(5-13)7-15-10-2-3-11(12)9(4-10)6-14/h2-5H,6-7,14H2,1H3/b8-5-. The molecule has 0 unspecified atom stereocenters. The molecular weight excluding hydrogens is 277 g/mol. The smallest absolute Gasteiger partial charge is 0.120 e. The fourth-order valence-corrected chi connectivity index (χ4v) is 1.50. The lowest BCUT2D eigenvalue weighted by Gasteiger charge is -2.08. The van der Waals surface area contributed by atoms with Gasteiger partial charge in [0, 0.05) is 16.6 Å². The lowest BCUT2D eigenvalue weighted by atomic mass is 10.2. The zero-order valence-electron chi connectivity index (χ0n) is 8.47. The number of halogens is 2. The molecule has 0 bridgehead atoms. The predicted molar refractivity (Wildman–Crippen MR) is 67.1 cm³/mol. The van der Waals surface area contributed by atoms with Gasteiger partial charge < -0.3 is 10.5 Å². The van der Waals surface area contributed by atoms with E-state index in [-0.39, 0.29) is 0 Å². The summed E-state index contributed by atoms with van der Waals surface area (Å²) in [5.41, 5.74) is 9.11. The lowest BCUT2D eigenvalue weighted by Crippen LogP contribution is -2.01. The van der Waals surface area contributed by atoms with Crippen LogP contribution in [-0.4, -0.2) is 6.61 Å². The van der Waals surface area contributed by atoms with Crippen LogP contribution in [0.2, 0.25) is 0 Å². The van der Waals surface area contributed by atoms with Crippen molar-refractivity contribution in [2.75, 3.05) is 6.61 Å². The third-order valence-corrected chi connectivity index (χ3v) is 3.04. The van der Waals surface area contributed by atoms with E-state index in [1.54, 1.807) is 0 Å². The van der Waals surface area contributed by atoms with Crippen LogP contribution in [-0.2, 0) is 6.54 Å². The molecule has 0 fully saturated rings. The second kappa shape index (κ2) is 6.16. The highest BCUT2D eigenvalue weighted by Crippen LogP contribution is 2.22. The molecule has 2 N–H and O–H groups in total. The molecule has 0 saturated heterocycles. The van der Waals surface area contributed by atoms with Crippen molar-refractivity contribution in [2.24, 2.45) is 5.73 Å². The molecule has 0 spiro atoms. The Bertz CT molecular complexity index is 366. The normalized spacial score (nSPS) is 11.6. The molecule has 0 aromatic heterocycles. The number of ether oxygens (including phenoxy) is 1. The maximum atomic E-state index is 5.58. The van der Waals surface area contributed by atoms with Gasteiger partial charge in [0.2, 0.25) is 0 Å². The summed E-state index contributed by atoms with van der Waals surface area (Å²) in [4.78, 5) is 0. The third kappa shape index (κ3) is 3.86. The van der Waals surface area contributed by atoms with E-state index in [1.807, 2.05) is 25.1 Å². The number of hydrogen-bond donors (Lipinski definition) is 1. The average molecular weight is 291 g/mol. The van der Waals surface area contributed by atoms with Gasteiger partial charge in [-0.15, -0.1) is 0 Å². The Morgan fingerprint density at radius 3 is 2.93 bits per heavy atom. The Morgan fingerprint density at radius 1 is 1.60 bits per heavy atom. The van der Waals surface area contributed by atoms with Gasteiger partial charge >= 0.3 is 0 Å². The first-order chi connectivity index (χ1) is 7.17. The second-order valence-corrected chi connectivity index (χ2v) is 4.27.